The van der Waals surface area contributed by atoms with Gasteiger partial charge in [0.05, 0.1) is 11.5 Å². The van der Waals surface area contributed by atoms with E-state index < -0.39 is 5.41 Å². The second-order valence-corrected chi connectivity index (χ2v) is 8.72. The molecule has 1 spiro atoms. The van der Waals surface area contributed by atoms with Gasteiger partial charge in [-0.2, -0.15) is 0 Å². The predicted molar refractivity (Wildman–Crippen MR) is 116 cm³/mol. The number of hydrogen-bond donors (Lipinski definition) is 2. The van der Waals surface area contributed by atoms with Crippen LogP contribution in [0, 0.1) is 5.92 Å². The molecule has 2 atom stereocenters. The van der Waals surface area contributed by atoms with E-state index in [-0.39, 0.29) is 23.8 Å². The molecule has 7 heteroatoms. The number of likely N-dealkylation sites (tertiary alicyclic amines) is 1. The molecule has 3 heterocycles. The Kier molecular flexibility index (Phi) is 5.22. The molecule has 2 aliphatic heterocycles. The van der Waals surface area contributed by atoms with Crippen molar-refractivity contribution < 1.29 is 9.59 Å². The van der Waals surface area contributed by atoms with Crippen LogP contribution < -0.4 is 11.1 Å². The number of amides is 2. The van der Waals surface area contributed by atoms with E-state index >= 15 is 0 Å². The second-order valence-electron chi connectivity index (χ2n) is 8.72. The standard InChI is InChI=1S/C23H29N5O2/c1-4-7-19-23(16-8-5-6-9-17(16)26-21(23)30)10-11-28(19)20(29)18-13-15(12-14(2)3)25-22(24)27-18/h5-6,8-9,13-14,19H,4,7,10-12H2,1-3H3,(H,26,30)(H2,24,25,27)/t19-,23+/m0/s1. The number of benzene rings is 1. The average molecular weight is 408 g/mol. The lowest BCUT2D eigenvalue weighted by Crippen LogP contribution is -2.48. The van der Waals surface area contributed by atoms with Gasteiger partial charge in [0, 0.05) is 17.9 Å². The van der Waals surface area contributed by atoms with E-state index in [2.05, 4.69) is 36.1 Å². The van der Waals surface area contributed by atoms with Gasteiger partial charge in [-0.1, -0.05) is 45.4 Å². The van der Waals surface area contributed by atoms with Gasteiger partial charge in [0.25, 0.3) is 5.91 Å². The maximum atomic E-state index is 13.5. The van der Waals surface area contributed by atoms with E-state index in [1.54, 1.807) is 6.07 Å². The summed E-state index contributed by atoms with van der Waals surface area (Å²) < 4.78 is 0. The van der Waals surface area contributed by atoms with Gasteiger partial charge >= 0.3 is 0 Å². The lowest BCUT2D eigenvalue weighted by molar-refractivity contribution is -0.121. The number of rotatable bonds is 5. The fourth-order valence-electron chi connectivity index (χ4n) is 5.02. The Balaban J connectivity index is 1.71. The first-order chi connectivity index (χ1) is 14.4. The molecule has 0 bridgehead atoms. The maximum absolute atomic E-state index is 13.5. The van der Waals surface area contributed by atoms with Crippen molar-refractivity contribution in [1.29, 1.82) is 0 Å². The van der Waals surface area contributed by atoms with Gasteiger partial charge < -0.3 is 16.0 Å². The van der Waals surface area contributed by atoms with Gasteiger partial charge in [-0.05, 0) is 42.9 Å². The monoisotopic (exact) mass is 407 g/mol. The minimum absolute atomic E-state index is 0.0138. The van der Waals surface area contributed by atoms with Crippen molar-refractivity contribution in [3.8, 4) is 0 Å². The molecule has 1 fully saturated rings. The number of anilines is 2. The van der Waals surface area contributed by atoms with Crippen LogP contribution in [0.3, 0.4) is 0 Å². The molecule has 0 aliphatic carbocycles. The first-order valence-electron chi connectivity index (χ1n) is 10.7. The van der Waals surface area contributed by atoms with Gasteiger partial charge in [-0.25, -0.2) is 9.97 Å². The van der Waals surface area contributed by atoms with Crippen LogP contribution in [-0.4, -0.2) is 39.3 Å². The molecular weight excluding hydrogens is 378 g/mol. The predicted octanol–water partition coefficient (Wildman–Crippen LogP) is 3.16. The van der Waals surface area contributed by atoms with Gasteiger partial charge in [-0.3, -0.25) is 9.59 Å². The molecule has 0 unspecified atom stereocenters. The van der Waals surface area contributed by atoms with Crippen molar-refractivity contribution in [2.24, 2.45) is 5.92 Å². The molecule has 7 nitrogen and oxygen atoms in total. The first-order valence-corrected chi connectivity index (χ1v) is 10.7. The zero-order chi connectivity index (χ0) is 21.5. The number of hydrogen-bond acceptors (Lipinski definition) is 5. The summed E-state index contributed by atoms with van der Waals surface area (Å²) in [6.45, 7) is 6.78. The maximum Gasteiger partial charge on any atom is 0.272 e. The number of aromatic nitrogens is 2. The van der Waals surface area contributed by atoms with Crippen molar-refractivity contribution in [3.05, 3.63) is 47.3 Å². The summed E-state index contributed by atoms with van der Waals surface area (Å²) in [7, 11) is 0. The summed E-state index contributed by atoms with van der Waals surface area (Å²) in [6, 6.07) is 9.34. The van der Waals surface area contributed by atoms with E-state index in [1.807, 2.05) is 29.2 Å². The van der Waals surface area contributed by atoms with Crippen molar-refractivity contribution in [2.75, 3.05) is 17.6 Å². The minimum Gasteiger partial charge on any atom is -0.368 e. The van der Waals surface area contributed by atoms with Crippen LogP contribution in [-0.2, 0) is 16.6 Å². The topological polar surface area (TPSA) is 101 Å². The van der Waals surface area contributed by atoms with Crippen LogP contribution >= 0.6 is 0 Å². The van der Waals surface area contributed by atoms with Crippen molar-refractivity contribution in [1.82, 2.24) is 14.9 Å². The molecule has 0 saturated carbocycles. The van der Waals surface area contributed by atoms with Gasteiger partial charge in [0.1, 0.15) is 5.69 Å². The smallest absolute Gasteiger partial charge is 0.272 e. The summed E-state index contributed by atoms with van der Waals surface area (Å²) in [4.78, 5) is 37.1. The molecule has 158 valence electrons. The highest BCUT2D eigenvalue weighted by Gasteiger charge is 2.58. The van der Waals surface area contributed by atoms with E-state index in [1.165, 1.54) is 0 Å². The minimum atomic E-state index is -0.707. The average Bonchev–Trinajstić information content (AvgIpc) is 3.20. The first kappa shape index (κ1) is 20.3. The van der Waals surface area contributed by atoms with E-state index in [4.69, 9.17) is 5.73 Å². The summed E-state index contributed by atoms with van der Waals surface area (Å²) in [5, 5.41) is 3.04. The number of nitrogens with one attached hydrogen (secondary N) is 1. The largest absolute Gasteiger partial charge is 0.368 e. The Morgan fingerprint density at radius 3 is 2.83 bits per heavy atom. The van der Waals surface area contributed by atoms with E-state index in [0.29, 0.717) is 24.6 Å². The van der Waals surface area contributed by atoms with Crippen LogP contribution in [0.25, 0.3) is 0 Å². The number of nitrogen functional groups attached to an aromatic ring is 1. The van der Waals surface area contributed by atoms with Crippen molar-refractivity contribution in [3.63, 3.8) is 0 Å². The molecule has 2 aliphatic rings. The molecule has 4 rings (SSSR count). The van der Waals surface area contributed by atoms with E-state index in [9.17, 15) is 9.59 Å². The summed E-state index contributed by atoms with van der Waals surface area (Å²) in [6.07, 6.45) is 2.94. The fourth-order valence-corrected chi connectivity index (χ4v) is 5.02. The molecule has 30 heavy (non-hydrogen) atoms. The SMILES string of the molecule is CCC[C@@H]1N(C(=O)c2cc(CC(C)C)nc(N)n2)CC[C@]12C(=O)Nc1ccccc12. The number of para-hydroxylation sites is 1. The van der Waals surface area contributed by atoms with Crippen LogP contribution in [0.15, 0.2) is 30.3 Å². The third-order valence-electron chi connectivity index (χ3n) is 6.21. The van der Waals surface area contributed by atoms with Gasteiger partial charge in [0.15, 0.2) is 0 Å². The number of nitrogens with two attached hydrogens (primary N) is 1. The quantitative estimate of drug-likeness (QED) is 0.793. The highest BCUT2D eigenvalue weighted by atomic mass is 16.2. The fraction of sp³-hybridized carbons (Fsp3) is 0.478. The Morgan fingerprint density at radius 2 is 2.10 bits per heavy atom. The summed E-state index contributed by atoms with van der Waals surface area (Å²) >= 11 is 0. The normalized spacial score (nSPS) is 22.6. The van der Waals surface area contributed by atoms with Crippen molar-refractivity contribution in [2.45, 2.75) is 57.9 Å². The summed E-state index contributed by atoms with van der Waals surface area (Å²) in [5.41, 5.74) is 8.12. The molecule has 1 aromatic carbocycles. The highest BCUT2D eigenvalue weighted by molar-refractivity contribution is 6.08. The van der Waals surface area contributed by atoms with Gasteiger partial charge in [0.2, 0.25) is 11.9 Å². The Morgan fingerprint density at radius 1 is 1.33 bits per heavy atom. The summed E-state index contributed by atoms with van der Waals surface area (Å²) in [5.74, 6) is 0.312. The molecule has 0 radical (unpaired) electrons. The van der Waals surface area contributed by atoms with Crippen LogP contribution in [0.5, 0.6) is 0 Å². The number of nitrogens with zero attached hydrogens (tertiary/aromatic N) is 3. The zero-order valence-corrected chi connectivity index (χ0v) is 17.8. The Bertz CT molecular complexity index is 989. The lowest BCUT2D eigenvalue weighted by Gasteiger charge is -2.33. The molecule has 1 aromatic heterocycles. The van der Waals surface area contributed by atoms with Crippen LogP contribution in [0.2, 0.25) is 0 Å². The Hall–Kier alpha value is -2.96. The van der Waals surface area contributed by atoms with E-state index in [0.717, 1.165) is 36.2 Å². The van der Waals surface area contributed by atoms with Crippen molar-refractivity contribution >= 4 is 23.5 Å². The molecule has 2 aromatic rings. The lowest BCUT2D eigenvalue weighted by atomic mass is 9.73. The Labute approximate surface area is 177 Å². The number of fused-ring (bicyclic) bond motifs is 2. The second kappa shape index (κ2) is 7.70. The zero-order valence-electron chi connectivity index (χ0n) is 17.8. The van der Waals surface area contributed by atoms with Crippen LogP contribution in [0.4, 0.5) is 11.6 Å². The third-order valence-corrected chi connectivity index (χ3v) is 6.21. The third kappa shape index (κ3) is 3.22. The molecule has 2 amide bonds. The van der Waals surface area contributed by atoms with Crippen LogP contribution in [0.1, 0.15) is 61.8 Å². The molecular formula is C23H29N5O2. The molecule has 3 N–H and O–H groups in total. The number of carbonyl (C=O) groups excluding carboxylic acids is 2. The van der Waals surface area contributed by atoms with Gasteiger partial charge in [-0.15, -0.1) is 0 Å². The highest BCUT2D eigenvalue weighted by Crippen LogP contribution is 2.49. The molecule has 1 saturated heterocycles. The number of carbonyl (C=O) groups is 2.